The molecular weight excluding hydrogens is 288 g/mol. The summed E-state index contributed by atoms with van der Waals surface area (Å²) in [4.78, 5) is 8.42. The van der Waals surface area contributed by atoms with Crippen LogP contribution in [-0.2, 0) is 13.6 Å². The second-order valence-electron chi connectivity index (χ2n) is 4.87. The van der Waals surface area contributed by atoms with Gasteiger partial charge < -0.3 is 11.1 Å². The molecule has 0 atom stereocenters. The van der Waals surface area contributed by atoms with Crippen LogP contribution >= 0.6 is 11.6 Å². The molecule has 2 aromatic heterocycles. The molecule has 3 N–H and O–H groups in total. The van der Waals surface area contributed by atoms with Crippen molar-refractivity contribution in [2.75, 3.05) is 11.1 Å². The highest BCUT2D eigenvalue weighted by Crippen LogP contribution is 2.22. The van der Waals surface area contributed by atoms with Crippen molar-refractivity contribution in [2.24, 2.45) is 7.05 Å². The van der Waals surface area contributed by atoms with Crippen LogP contribution in [0.1, 0.15) is 11.1 Å². The van der Waals surface area contributed by atoms with Gasteiger partial charge in [-0.2, -0.15) is 15.1 Å². The van der Waals surface area contributed by atoms with Gasteiger partial charge in [-0.15, -0.1) is 0 Å². The molecule has 0 bridgehead atoms. The molecule has 0 aliphatic heterocycles. The Labute approximate surface area is 127 Å². The van der Waals surface area contributed by atoms with Gasteiger partial charge in [0.15, 0.2) is 5.65 Å². The lowest BCUT2D eigenvalue weighted by atomic mass is 10.1. The molecule has 108 valence electrons. The van der Waals surface area contributed by atoms with Gasteiger partial charge in [-0.3, -0.25) is 4.68 Å². The van der Waals surface area contributed by atoms with Crippen LogP contribution in [0.25, 0.3) is 11.0 Å². The number of rotatable bonds is 3. The van der Waals surface area contributed by atoms with Crippen LogP contribution < -0.4 is 11.1 Å². The summed E-state index contributed by atoms with van der Waals surface area (Å²) in [7, 11) is 1.82. The zero-order valence-electron chi connectivity index (χ0n) is 11.8. The molecule has 3 rings (SSSR count). The molecule has 6 nitrogen and oxygen atoms in total. The number of aromatic nitrogens is 4. The Kier molecular flexibility index (Phi) is 3.39. The van der Waals surface area contributed by atoms with Crippen LogP contribution in [0.3, 0.4) is 0 Å². The first kappa shape index (κ1) is 13.6. The van der Waals surface area contributed by atoms with E-state index in [9.17, 15) is 0 Å². The summed E-state index contributed by atoms with van der Waals surface area (Å²) < 4.78 is 1.67. The van der Waals surface area contributed by atoms with Crippen molar-refractivity contribution in [3.63, 3.8) is 0 Å². The van der Waals surface area contributed by atoms with Gasteiger partial charge in [0.1, 0.15) is 5.82 Å². The van der Waals surface area contributed by atoms with E-state index in [0.717, 1.165) is 21.5 Å². The van der Waals surface area contributed by atoms with E-state index < -0.39 is 0 Å². The summed E-state index contributed by atoms with van der Waals surface area (Å²) in [5, 5.41) is 9.03. The maximum absolute atomic E-state index is 6.13. The van der Waals surface area contributed by atoms with Crippen LogP contribution in [0.15, 0.2) is 24.4 Å². The van der Waals surface area contributed by atoms with Gasteiger partial charge in [-0.1, -0.05) is 23.7 Å². The molecule has 0 aliphatic carbocycles. The van der Waals surface area contributed by atoms with Crippen LogP contribution in [0, 0.1) is 6.92 Å². The highest BCUT2D eigenvalue weighted by atomic mass is 35.5. The lowest BCUT2D eigenvalue weighted by Gasteiger charge is -2.08. The second-order valence-corrected chi connectivity index (χ2v) is 5.28. The fourth-order valence-corrected chi connectivity index (χ4v) is 2.31. The minimum atomic E-state index is 0.218. The Morgan fingerprint density at radius 1 is 1.33 bits per heavy atom. The zero-order valence-corrected chi connectivity index (χ0v) is 12.5. The van der Waals surface area contributed by atoms with Crippen molar-refractivity contribution in [2.45, 2.75) is 13.5 Å². The molecule has 3 aromatic rings. The molecule has 21 heavy (non-hydrogen) atoms. The van der Waals surface area contributed by atoms with E-state index in [0.29, 0.717) is 18.0 Å². The van der Waals surface area contributed by atoms with Crippen molar-refractivity contribution < 1.29 is 0 Å². The van der Waals surface area contributed by atoms with Crippen molar-refractivity contribution in [3.05, 3.63) is 40.5 Å². The highest BCUT2D eigenvalue weighted by Gasteiger charge is 2.10. The topological polar surface area (TPSA) is 81.7 Å². The number of anilines is 2. The standard InChI is InChI=1S/C14H15ClN6/c1-8-3-4-9(5-11(8)15)6-17-12-10-7-18-21(2)13(10)20-14(16)19-12/h3-5,7H,6H2,1-2H3,(H3,16,17,19,20). The lowest BCUT2D eigenvalue weighted by molar-refractivity contribution is 0.786. The molecular formula is C14H15ClN6. The summed E-state index contributed by atoms with van der Waals surface area (Å²) in [6.07, 6.45) is 1.72. The molecule has 0 spiro atoms. The van der Waals surface area contributed by atoms with Crippen molar-refractivity contribution in [1.82, 2.24) is 19.7 Å². The second kappa shape index (κ2) is 5.21. The molecule has 0 saturated heterocycles. The van der Waals surface area contributed by atoms with Crippen molar-refractivity contribution in [1.29, 1.82) is 0 Å². The fraction of sp³-hybridized carbons (Fsp3) is 0.214. The van der Waals surface area contributed by atoms with E-state index in [1.807, 2.05) is 32.2 Å². The Bertz CT molecular complexity index is 811. The normalized spacial score (nSPS) is 11.0. The third-order valence-corrected chi connectivity index (χ3v) is 3.71. The average molecular weight is 303 g/mol. The van der Waals surface area contributed by atoms with Gasteiger partial charge in [0.05, 0.1) is 11.6 Å². The first-order valence-electron chi connectivity index (χ1n) is 6.48. The SMILES string of the molecule is Cc1ccc(CNc2nc(N)nc3c2cnn3C)cc1Cl. The van der Waals surface area contributed by atoms with Gasteiger partial charge in [-0.05, 0) is 24.1 Å². The molecule has 0 aliphatic rings. The van der Waals surface area contributed by atoms with Gasteiger partial charge >= 0.3 is 0 Å². The summed E-state index contributed by atoms with van der Waals surface area (Å²) in [6, 6.07) is 5.96. The maximum Gasteiger partial charge on any atom is 0.224 e. The molecule has 0 amide bonds. The predicted molar refractivity (Wildman–Crippen MR) is 84.2 cm³/mol. The summed E-state index contributed by atoms with van der Waals surface area (Å²) in [5.41, 5.74) is 8.57. The van der Waals surface area contributed by atoms with Crippen LogP contribution in [0.5, 0.6) is 0 Å². The molecule has 0 unspecified atom stereocenters. The van der Waals surface area contributed by atoms with Gasteiger partial charge in [0.2, 0.25) is 5.95 Å². The zero-order chi connectivity index (χ0) is 15.0. The molecule has 1 aromatic carbocycles. The number of benzene rings is 1. The molecule has 0 fully saturated rings. The minimum absolute atomic E-state index is 0.218. The first-order chi connectivity index (χ1) is 10.0. The number of nitrogens with one attached hydrogen (secondary N) is 1. The molecule has 0 saturated carbocycles. The summed E-state index contributed by atoms with van der Waals surface area (Å²) in [6.45, 7) is 2.57. The van der Waals surface area contributed by atoms with Gasteiger partial charge in [0.25, 0.3) is 0 Å². The Hall–Kier alpha value is -2.34. The largest absolute Gasteiger partial charge is 0.368 e. The van der Waals surface area contributed by atoms with Crippen molar-refractivity contribution >= 4 is 34.4 Å². The van der Waals surface area contributed by atoms with E-state index in [4.69, 9.17) is 17.3 Å². The molecule has 7 heteroatoms. The number of hydrogen-bond donors (Lipinski definition) is 2. The quantitative estimate of drug-likeness (QED) is 0.777. The number of halogens is 1. The summed E-state index contributed by atoms with van der Waals surface area (Å²) >= 11 is 6.13. The number of nitrogens with zero attached hydrogens (tertiary/aromatic N) is 4. The number of fused-ring (bicyclic) bond motifs is 1. The molecule has 0 radical (unpaired) electrons. The fourth-order valence-electron chi connectivity index (χ4n) is 2.11. The first-order valence-corrected chi connectivity index (χ1v) is 6.86. The minimum Gasteiger partial charge on any atom is -0.368 e. The monoisotopic (exact) mass is 302 g/mol. The third-order valence-electron chi connectivity index (χ3n) is 3.31. The average Bonchev–Trinajstić information content (AvgIpc) is 2.81. The van der Waals surface area contributed by atoms with Crippen molar-refractivity contribution in [3.8, 4) is 0 Å². The van der Waals surface area contributed by atoms with E-state index >= 15 is 0 Å². The van der Waals surface area contributed by atoms with Gasteiger partial charge in [-0.25, -0.2) is 0 Å². The van der Waals surface area contributed by atoms with E-state index in [-0.39, 0.29) is 5.95 Å². The molecule has 2 heterocycles. The van der Waals surface area contributed by atoms with Crippen LogP contribution in [-0.4, -0.2) is 19.7 Å². The number of nitrogen functional groups attached to an aromatic ring is 1. The van der Waals surface area contributed by atoms with Gasteiger partial charge in [0, 0.05) is 18.6 Å². The van der Waals surface area contributed by atoms with Crippen LogP contribution in [0.4, 0.5) is 11.8 Å². The number of aryl methyl sites for hydroxylation is 2. The Morgan fingerprint density at radius 2 is 2.14 bits per heavy atom. The highest BCUT2D eigenvalue weighted by molar-refractivity contribution is 6.31. The maximum atomic E-state index is 6.13. The number of nitrogens with two attached hydrogens (primary N) is 1. The lowest BCUT2D eigenvalue weighted by Crippen LogP contribution is -2.06. The van der Waals surface area contributed by atoms with E-state index in [1.165, 1.54) is 0 Å². The van der Waals surface area contributed by atoms with E-state index in [2.05, 4.69) is 20.4 Å². The third kappa shape index (κ3) is 2.62. The summed E-state index contributed by atoms with van der Waals surface area (Å²) in [5.74, 6) is 0.887. The smallest absolute Gasteiger partial charge is 0.224 e. The van der Waals surface area contributed by atoms with E-state index in [1.54, 1.807) is 10.9 Å². The predicted octanol–water partition coefficient (Wildman–Crippen LogP) is 2.52. The Morgan fingerprint density at radius 3 is 2.90 bits per heavy atom. The Balaban J connectivity index is 1.89. The van der Waals surface area contributed by atoms with Crippen LogP contribution in [0.2, 0.25) is 5.02 Å². The number of hydrogen-bond acceptors (Lipinski definition) is 5.